The van der Waals surface area contributed by atoms with Crippen LogP contribution in [0.3, 0.4) is 0 Å². The highest BCUT2D eigenvalue weighted by molar-refractivity contribution is 7.22. The molecule has 150 valence electrons. The summed E-state index contributed by atoms with van der Waals surface area (Å²) in [5.74, 6) is 0.377. The number of carbonyl (C=O) groups is 1. The average molecular weight is 422 g/mol. The molecule has 0 aliphatic heterocycles. The molecule has 5 aromatic rings. The molecule has 0 spiro atoms. The Balaban J connectivity index is 1.60. The Morgan fingerprint density at radius 1 is 1.20 bits per heavy atom. The molecule has 2 aromatic carbocycles. The van der Waals surface area contributed by atoms with E-state index in [1.165, 1.54) is 35.7 Å². The highest BCUT2D eigenvalue weighted by Gasteiger charge is 2.26. The summed E-state index contributed by atoms with van der Waals surface area (Å²) in [6, 6.07) is 15.3. The molecule has 0 aliphatic carbocycles. The van der Waals surface area contributed by atoms with Crippen LogP contribution in [0.15, 0.2) is 69.7 Å². The fraction of sp³-hybridized carbons (Fsp3) is 0.0909. The van der Waals surface area contributed by atoms with Gasteiger partial charge in [0.25, 0.3) is 5.91 Å². The minimum Gasteiger partial charge on any atom is -0.493 e. The highest BCUT2D eigenvalue weighted by atomic mass is 32.1. The maximum absolute atomic E-state index is 14.2. The number of hydrogen-bond donors (Lipinski definition) is 0. The SMILES string of the molecule is COc1cccc2cc(C(=O)N(Cc3ccco3)c3nc4c(F)cccc4s3)oc12. The number of halogens is 1. The van der Waals surface area contributed by atoms with Crippen molar-refractivity contribution in [1.82, 2.24) is 4.98 Å². The zero-order chi connectivity index (χ0) is 20.7. The topological polar surface area (TPSA) is 68.7 Å². The van der Waals surface area contributed by atoms with Crippen molar-refractivity contribution < 1.29 is 22.8 Å². The normalized spacial score (nSPS) is 11.3. The number of rotatable bonds is 5. The van der Waals surface area contributed by atoms with Crippen LogP contribution >= 0.6 is 11.3 Å². The lowest BCUT2D eigenvalue weighted by Crippen LogP contribution is -2.29. The van der Waals surface area contributed by atoms with Crippen LogP contribution in [0, 0.1) is 5.82 Å². The van der Waals surface area contributed by atoms with Crippen LogP contribution < -0.4 is 9.64 Å². The van der Waals surface area contributed by atoms with Crippen LogP contribution in [0.4, 0.5) is 9.52 Å². The van der Waals surface area contributed by atoms with Crippen molar-refractivity contribution in [3.8, 4) is 5.75 Å². The highest BCUT2D eigenvalue weighted by Crippen LogP contribution is 2.34. The Kier molecular flexibility index (Phi) is 4.48. The van der Waals surface area contributed by atoms with E-state index in [0.717, 1.165) is 5.39 Å². The fourth-order valence-electron chi connectivity index (χ4n) is 3.24. The van der Waals surface area contributed by atoms with E-state index in [9.17, 15) is 9.18 Å². The van der Waals surface area contributed by atoms with Gasteiger partial charge in [0, 0.05) is 5.39 Å². The Labute approximate surface area is 174 Å². The standard InChI is InChI=1S/C22H15FN2O4S/c1-27-16-8-2-5-13-11-17(29-20(13)16)21(26)25(12-14-6-4-10-28-14)22-24-19-15(23)7-3-9-18(19)30-22/h2-11H,12H2,1H3. The van der Waals surface area contributed by atoms with Crippen LogP contribution in [-0.4, -0.2) is 18.0 Å². The molecular formula is C22H15FN2O4S. The molecule has 0 radical (unpaired) electrons. The lowest BCUT2D eigenvalue weighted by Gasteiger charge is -2.17. The van der Waals surface area contributed by atoms with E-state index in [4.69, 9.17) is 13.6 Å². The minimum atomic E-state index is -0.436. The van der Waals surface area contributed by atoms with Gasteiger partial charge >= 0.3 is 0 Å². The molecule has 30 heavy (non-hydrogen) atoms. The number of amides is 1. The van der Waals surface area contributed by atoms with Crippen molar-refractivity contribution >= 4 is 43.6 Å². The fourth-order valence-corrected chi connectivity index (χ4v) is 4.22. The molecule has 0 bridgehead atoms. The number of carbonyl (C=O) groups excluding carboxylic acids is 1. The first-order valence-corrected chi connectivity index (χ1v) is 9.91. The van der Waals surface area contributed by atoms with Crippen molar-refractivity contribution in [1.29, 1.82) is 0 Å². The number of methoxy groups -OCH3 is 1. The number of thiazole rings is 1. The average Bonchev–Trinajstić information content (AvgIpc) is 3.50. The smallest absolute Gasteiger partial charge is 0.296 e. The van der Waals surface area contributed by atoms with E-state index in [2.05, 4.69) is 4.98 Å². The minimum absolute atomic E-state index is 0.126. The third-order valence-corrected chi connectivity index (χ3v) is 5.71. The zero-order valence-electron chi connectivity index (χ0n) is 15.8. The van der Waals surface area contributed by atoms with E-state index in [1.54, 1.807) is 36.4 Å². The van der Waals surface area contributed by atoms with Gasteiger partial charge in [0.15, 0.2) is 22.2 Å². The number of ether oxygens (including phenoxy) is 1. The van der Waals surface area contributed by atoms with Gasteiger partial charge < -0.3 is 13.6 Å². The molecule has 0 aliphatic rings. The molecule has 3 heterocycles. The second-order valence-corrected chi connectivity index (χ2v) is 7.55. The van der Waals surface area contributed by atoms with E-state index in [1.807, 2.05) is 12.1 Å². The third kappa shape index (κ3) is 3.11. The lowest BCUT2D eigenvalue weighted by molar-refractivity contribution is 0.0958. The van der Waals surface area contributed by atoms with Crippen LogP contribution in [0.2, 0.25) is 0 Å². The van der Waals surface area contributed by atoms with Crippen LogP contribution in [0.25, 0.3) is 21.2 Å². The summed E-state index contributed by atoms with van der Waals surface area (Å²) in [6.07, 6.45) is 1.53. The first kappa shape index (κ1) is 18.4. The van der Waals surface area contributed by atoms with Crippen molar-refractivity contribution in [2.75, 3.05) is 12.0 Å². The molecule has 8 heteroatoms. The first-order chi connectivity index (χ1) is 14.6. The number of anilines is 1. The molecule has 0 saturated carbocycles. The molecule has 3 aromatic heterocycles. The van der Waals surface area contributed by atoms with E-state index < -0.39 is 11.7 Å². The Morgan fingerprint density at radius 2 is 2.07 bits per heavy atom. The number of furan rings is 2. The number of para-hydroxylation sites is 2. The summed E-state index contributed by atoms with van der Waals surface area (Å²) >= 11 is 1.22. The van der Waals surface area contributed by atoms with Gasteiger partial charge in [-0.05, 0) is 36.4 Å². The summed E-state index contributed by atoms with van der Waals surface area (Å²) in [6.45, 7) is 0.126. The van der Waals surface area contributed by atoms with Crippen molar-refractivity contribution in [3.05, 3.63) is 78.2 Å². The maximum atomic E-state index is 14.2. The van der Waals surface area contributed by atoms with Gasteiger partial charge in [-0.3, -0.25) is 9.69 Å². The van der Waals surface area contributed by atoms with Crippen LogP contribution in [0.1, 0.15) is 16.3 Å². The monoisotopic (exact) mass is 422 g/mol. The van der Waals surface area contributed by atoms with Gasteiger partial charge in [-0.25, -0.2) is 9.37 Å². The molecule has 0 N–H and O–H groups in total. The number of fused-ring (bicyclic) bond motifs is 2. The predicted octanol–water partition coefficient (Wildman–Crippen LogP) is 5.63. The molecule has 0 atom stereocenters. The van der Waals surface area contributed by atoms with E-state index in [-0.39, 0.29) is 17.8 Å². The molecule has 6 nitrogen and oxygen atoms in total. The molecular weight excluding hydrogens is 407 g/mol. The summed E-state index contributed by atoms with van der Waals surface area (Å²) in [5.41, 5.74) is 0.706. The number of nitrogens with zero attached hydrogens (tertiary/aromatic N) is 2. The van der Waals surface area contributed by atoms with E-state index in [0.29, 0.717) is 26.9 Å². The Hall–Kier alpha value is -3.65. The molecule has 1 amide bonds. The molecule has 5 rings (SSSR count). The maximum Gasteiger partial charge on any atom is 0.296 e. The van der Waals surface area contributed by atoms with Crippen molar-refractivity contribution in [2.45, 2.75) is 6.54 Å². The summed E-state index contributed by atoms with van der Waals surface area (Å²) in [4.78, 5) is 19.2. The van der Waals surface area contributed by atoms with Crippen LogP contribution in [-0.2, 0) is 6.54 Å². The van der Waals surface area contributed by atoms with Gasteiger partial charge in [-0.2, -0.15) is 0 Å². The van der Waals surface area contributed by atoms with Crippen molar-refractivity contribution in [3.63, 3.8) is 0 Å². The van der Waals surface area contributed by atoms with Gasteiger partial charge in [0.05, 0.1) is 24.6 Å². The lowest BCUT2D eigenvalue weighted by atomic mass is 10.2. The number of aromatic nitrogens is 1. The number of hydrogen-bond acceptors (Lipinski definition) is 6. The Bertz CT molecular complexity index is 1360. The summed E-state index contributed by atoms with van der Waals surface area (Å²) < 4.78 is 31.4. The molecule has 0 fully saturated rings. The van der Waals surface area contributed by atoms with Gasteiger partial charge in [0.1, 0.15) is 17.1 Å². The quantitative estimate of drug-likeness (QED) is 0.367. The first-order valence-electron chi connectivity index (χ1n) is 9.10. The number of benzene rings is 2. The second kappa shape index (κ2) is 7.31. The van der Waals surface area contributed by atoms with Gasteiger partial charge in [0.2, 0.25) is 0 Å². The molecule has 0 saturated heterocycles. The third-order valence-electron chi connectivity index (χ3n) is 4.67. The molecule has 0 unspecified atom stereocenters. The van der Waals surface area contributed by atoms with Crippen LogP contribution in [0.5, 0.6) is 5.75 Å². The largest absolute Gasteiger partial charge is 0.493 e. The summed E-state index contributed by atoms with van der Waals surface area (Å²) in [5, 5.41) is 1.09. The summed E-state index contributed by atoms with van der Waals surface area (Å²) in [7, 11) is 1.54. The van der Waals surface area contributed by atoms with Gasteiger partial charge in [-0.1, -0.05) is 29.5 Å². The zero-order valence-corrected chi connectivity index (χ0v) is 16.6. The Morgan fingerprint density at radius 3 is 2.83 bits per heavy atom. The van der Waals surface area contributed by atoms with E-state index >= 15 is 0 Å². The van der Waals surface area contributed by atoms with Crippen molar-refractivity contribution in [2.24, 2.45) is 0 Å². The second-order valence-electron chi connectivity index (χ2n) is 6.54. The predicted molar refractivity (Wildman–Crippen MR) is 112 cm³/mol. The van der Waals surface area contributed by atoms with Gasteiger partial charge in [-0.15, -0.1) is 0 Å².